The molecule has 8 heteroatoms. The number of hydrogen-bond donors (Lipinski definition) is 1. The molecule has 152 valence electrons. The van der Waals surface area contributed by atoms with Gasteiger partial charge in [0.1, 0.15) is 28.9 Å². The van der Waals surface area contributed by atoms with Gasteiger partial charge in [0.25, 0.3) is 0 Å². The maximum Gasteiger partial charge on any atom is 0.344 e. The molecular formula is C22H16O8. The number of benzene rings is 2. The number of carbonyl (C=O) groups is 3. The summed E-state index contributed by atoms with van der Waals surface area (Å²) in [4.78, 5) is 51.3. The third kappa shape index (κ3) is 3.02. The monoisotopic (exact) mass is 408 g/mol. The predicted octanol–water partition coefficient (Wildman–Crippen LogP) is 2.56. The van der Waals surface area contributed by atoms with Crippen LogP contribution in [0.25, 0.3) is 11.0 Å². The minimum atomic E-state index is -1.74. The molecule has 1 aliphatic rings. The van der Waals surface area contributed by atoms with Crippen LogP contribution in [0.15, 0.2) is 57.7 Å². The Balaban J connectivity index is 1.94. The highest BCUT2D eigenvalue weighted by atomic mass is 16.5. The first-order valence-corrected chi connectivity index (χ1v) is 9.20. The van der Waals surface area contributed by atoms with E-state index in [1.165, 1.54) is 31.2 Å². The number of hydrogen-bond acceptors (Lipinski definition) is 8. The van der Waals surface area contributed by atoms with Crippen LogP contribution in [-0.4, -0.2) is 29.4 Å². The fourth-order valence-corrected chi connectivity index (χ4v) is 3.57. The van der Waals surface area contributed by atoms with Crippen LogP contribution in [0.4, 0.5) is 0 Å². The van der Waals surface area contributed by atoms with Gasteiger partial charge in [0.2, 0.25) is 0 Å². The summed E-state index contributed by atoms with van der Waals surface area (Å²) in [5, 5.41) is 10.9. The van der Waals surface area contributed by atoms with Crippen molar-refractivity contribution in [1.29, 1.82) is 0 Å². The van der Waals surface area contributed by atoms with Crippen molar-refractivity contribution in [2.24, 2.45) is 5.92 Å². The first-order chi connectivity index (χ1) is 14.4. The second-order valence-electron chi connectivity index (χ2n) is 6.64. The zero-order chi connectivity index (χ0) is 21.4. The van der Waals surface area contributed by atoms with E-state index in [-0.39, 0.29) is 28.9 Å². The van der Waals surface area contributed by atoms with Gasteiger partial charge in [-0.05, 0) is 31.2 Å². The SMILES string of the molecule is CCOC(=O)C(c1c(O)c2ccccc2oc1=O)C1C(=O)Oc2ccccc2C1=O. The summed E-state index contributed by atoms with van der Waals surface area (Å²) in [5.74, 6) is -6.71. The van der Waals surface area contributed by atoms with E-state index in [9.17, 15) is 24.3 Å². The zero-order valence-corrected chi connectivity index (χ0v) is 15.8. The first kappa shape index (κ1) is 19.4. The minimum Gasteiger partial charge on any atom is -0.507 e. The summed E-state index contributed by atoms with van der Waals surface area (Å²) in [7, 11) is 0. The summed E-state index contributed by atoms with van der Waals surface area (Å²) >= 11 is 0. The lowest BCUT2D eigenvalue weighted by Crippen LogP contribution is -2.42. The molecule has 1 N–H and O–H groups in total. The van der Waals surface area contributed by atoms with Crippen molar-refractivity contribution in [3.63, 3.8) is 0 Å². The summed E-state index contributed by atoms with van der Waals surface area (Å²) in [6.07, 6.45) is 0. The third-order valence-corrected chi connectivity index (χ3v) is 4.90. The van der Waals surface area contributed by atoms with Gasteiger partial charge in [-0.3, -0.25) is 14.4 Å². The fraction of sp³-hybridized carbons (Fsp3) is 0.182. The van der Waals surface area contributed by atoms with E-state index in [4.69, 9.17) is 13.9 Å². The molecule has 8 nitrogen and oxygen atoms in total. The largest absolute Gasteiger partial charge is 0.507 e. The Hall–Kier alpha value is -3.94. The number of ether oxygens (including phenoxy) is 2. The molecule has 0 radical (unpaired) electrons. The molecule has 4 rings (SSSR count). The van der Waals surface area contributed by atoms with Gasteiger partial charge in [-0.1, -0.05) is 24.3 Å². The van der Waals surface area contributed by atoms with Crippen LogP contribution in [-0.2, 0) is 14.3 Å². The van der Waals surface area contributed by atoms with E-state index >= 15 is 0 Å². The number of carbonyl (C=O) groups excluding carboxylic acids is 3. The smallest absolute Gasteiger partial charge is 0.344 e. The highest BCUT2D eigenvalue weighted by Gasteiger charge is 2.49. The lowest BCUT2D eigenvalue weighted by molar-refractivity contribution is -0.151. The number of fused-ring (bicyclic) bond motifs is 2. The van der Waals surface area contributed by atoms with Crippen molar-refractivity contribution in [1.82, 2.24) is 0 Å². The van der Waals surface area contributed by atoms with E-state index in [0.29, 0.717) is 0 Å². The molecule has 2 heterocycles. The molecule has 30 heavy (non-hydrogen) atoms. The third-order valence-electron chi connectivity index (χ3n) is 4.90. The molecule has 1 aromatic heterocycles. The van der Waals surface area contributed by atoms with E-state index < -0.39 is 46.5 Å². The first-order valence-electron chi connectivity index (χ1n) is 9.20. The molecule has 1 aliphatic heterocycles. The van der Waals surface area contributed by atoms with Crippen LogP contribution in [0.5, 0.6) is 11.5 Å². The zero-order valence-electron chi connectivity index (χ0n) is 15.8. The van der Waals surface area contributed by atoms with Crippen molar-refractivity contribution >= 4 is 28.7 Å². The highest BCUT2D eigenvalue weighted by molar-refractivity contribution is 6.16. The predicted molar refractivity (Wildman–Crippen MR) is 103 cm³/mol. The lowest BCUT2D eigenvalue weighted by atomic mass is 9.79. The molecule has 0 spiro atoms. The van der Waals surface area contributed by atoms with Crippen LogP contribution >= 0.6 is 0 Å². The van der Waals surface area contributed by atoms with Crippen LogP contribution in [0.1, 0.15) is 28.8 Å². The van der Waals surface area contributed by atoms with Crippen LogP contribution in [0.3, 0.4) is 0 Å². The molecule has 0 saturated heterocycles. The van der Waals surface area contributed by atoms with Crippen molar-refractivity contribution in [3.05, 3.63) is 70.1 Å². The maximum atomic E-state index is 13.1. The van der Waals surface area contributed by atoms with Gasteiger partial charge in [0.05, 0.1) is 23.1 Å². The summed E-state index contributed by atoms with van der Waals surface area (Å²) in [5.41, 5.74) is -1.40. The Bertz CT molecular complexity index is 1240. The molecule has 2 unspecified atom stereocenters. The molecule has 0 fully saturated rings. The average Bonchev–Trinajstić information content (AvgIpc) is 2.72. The maximum absolute atomic E-state index is 13.1. The Kier molecular flexibility index (Phi) is 4.83. The molecule has 0 aliphatic carbocycles. The van der Waals surface area contributed by atoms with Crippen molar-refractivity contribution < 1.29 is 33.4 Å². The molecule has 2 aromatic carbocycles. The Morgan fingerprint density at radius 3 is 2.57 bits per heavy atom. The summed E-state index contributed by atoms with van der Waals surface area (Å²) < 4.78 is 15.5. The fourth-order valence-electron chi connectivity index (χ4n) is 3.57. The minimum absolute atomic E-state index is 0.0566. The lowest BCUT2D eigenvalue weighted by Gasteiger charge is -2.27. The Labute approximate surface area is 169 Å². The van der Waals surface area contributed by atoms with Crippen LogP contribution in [0, 0.1) is 5.92 Å². The topological polar surface area (TPSA) is 120 Å². The number of aromatic hydroxyl groups is 1. The number of ketones is 1. The second kappa shape index (κ2) is 7.47. The quantitative estimate of drug-likeness (QED) is 0.303. The van der Waals surface area contributed by atoms with Crippen LogP contribution < -0.4 is 10.4 Å². The highest BCUT2D eigenvalue weighted by Crippen LogP contribution is 2.40. The average molecular weight is 408 g/mol. The van der Waals surface area contributed by atoms with E-state index in [1.54, 1.807) is 24.3 Å². The van der Waals surface area contributed by atoms with Crippen LogP contribution in [0.2, 0.25) is 0 Å². The van der Waals surface area contributed by atoms with Gasteiger partial charge in [0.15, 0.2) is 5.78 Å². The summed E-state index contributed by atoms with van der Waals surface area (Å²) in [6.45, 7) is 1.47. The van der Waals surface area contributed by atoms with Gasteiger partial charge in [-0.2, -0.15) is 0 Å². The summed E-state index contributed by atoms with van der Waals surface area (Å²) in [6, 6.07) is 12.2. The van der Waals surface area contributed by atoms with Crippen molar-refractivity contribution in [2.45, 2.75) is 12.8 Å². The van der Waals surface area contributed by atoms with E-state index in [2.05, 4.69) is 0 Å². The number of Topliss-reactive ketones (excluding diaryl/α,β-unsaturated/α-hetero) is 1. The molecule has 0 amide bonds. The molecule has 0 bridgehead atoms. The molecule has 2 atom stereocenters. The number of para-hydroxylation sites is 2. The number of esters is 2. The molecular weight excluding hydrogens is 392 g/mol. The second-order valence-corrected chi connectivity index (χ2v) is 6.64. The van der Waals surface area contributed by atoms with Gasteiger partial charge in [-0.15, -0.1) is 0 Å². The Morgan fingerprint density at radius 2 is 1.80 bits per heavy atom. The van der Waals surface area contributed by atoms with E-state index in [0.717, 1.165) is 0 Å². The number of rotatable bonds is 4. The van der Waals surface area contributed by atoms with Gasteiger partial charge in [0, 0.05) is 0 Å². The molecule has 3 aromatic rings. The molecule has 0 saturated carbocycles. The normalized spacial score (nSPS) is 16.6. The van der Waals surface area contributed by atoms with Gasteiger partial charge in [-0.25, -0.2) is 4.79 Å². The standard InChI is InChI=1S/C22H16O8/c1-2-28-20(25)15(16-18(23)11-7-3-5-9-13(11)29-21(16)26)17-19(24)12-8-4-6-10-14(12)30-22(17)27/h3-10,15-16,24H,2H2,1H3. The Morgan fingerprint density at radius 1 is 1.10 bits per heavy atom. The van der Waals surface area contributed by atoms with Gasteiger partial charge >= 0.3 is 17.6 Å². The van der Waals surface area contributed by atoms with Crippen molar-refractivity contribution in [3.8, 4) is 11.5 Å². The van der Waals surface area contributed by atoms with E-state index in [1.807, 2.05) is 0 Å². The van der Waals surface area contributed by atoms with Crippen molar-refractivity contribution in [2.75, 3.05) is 6.61 Å². The van der Waals surface area contributed by atoms with Gasteiger partial charge < -0.3 is 19.0 Å².